The number of carbonyl (C=O) groups is 1. The van der Waals surface area contributed by atoms with Gasteiger partial charge in [0.1, 0.15) is 4.32 Å². The fourth-order valence-corrected chi connectivity index (χ4v) is 5.25. The molecule has 2 aliphatic heterocycles. The quantitative estimate of drug-likeness (QED) is 0.525. The van der Waals surface area contributed by atoms with Gasteiger partial charge in [-0.1, -0.05) is 24.0 Å². The first kappa shape index (κ1) is 17.6. The number of halogens is 1. The van der Waals surface area contributed by atoms with E-state index in [1.54, 1.807) is 16.2 Å². The lowest BCUT2D eigenvalue weighted by atomic mass is 10.3. The highest BCUT2D eigenvalue weighted by atomic mass is 79.9. The molecule has 0 saturated carbocycles. The van der Waals surface area contributed by atoms with E-state index in [1.165, 1.54) is 11.8 Å². The maximum atomic E-state index is 12.5. The average molecular weight is 433 g/mol. The van der Waals surface area contributed by atoms with E-state index in [0.717, 1.165) is 52.8 Å². The lowest BCUT2D eigenvalue weighted by molar-refractivity contribution is -0.122. The number of morpholine rings is 1. The van der Waals surface area contributed by atoms with Crippen molar-refractivity contribution in [3.8, 4) is 0 Å². The third-order valence-corrected chi connectivity index (χ3v) is 6.65. The summed E-state index contributed by atoms with van der Waals surface area (Å²) in [6.07, 6.45) is 2.86. The number of nitrogens with zero attached hydrogens (tertiary/aromatic N) is 2. The summed E-state index contributed by atoms with van der Waals surface area (Å²) in [5.41, 5.74) is 0. The molecule has 2 saturated heterocycles. The van der Waals surface area contributed by atoms with Gasteiger partial charge >= 0.3 is 0 Å². The van der Waals surface area contributed by atoms with Crippen LogP contribution in [0.15, 0.2) is 20.8 Å². The SMILES string of the molecule is O=C1C(=Cc2ccc(Br)s2)SC(=S)N1CCCN1CCOCC1. The first-order valence-corrected chi connectivity index (χ1v) is 10.3. The smallest absolute Gasteiger partial charge is 0.266 e. The van der Waals surface area contributed by atoms with Gasteiger partial charge in [0.25, 0.3) is 5.91 Å². The van der Waals surface area contributed by atoms with Gasteiger partial charge < -0.3 is 4.74 Å². The van der Waals surface area contributed by atoms with Gasteiger partial charge in [-0.15, -0.1) is 11.3 Å². The number of thiophene rings is 1. The summed E-state index contributed by atoms with van der Waals surface area (Å²) in [7, 11) is 0. The number of thioether (sulfide) groups is 1. The molecule has 0 bridgehead atoms. The zero-order valence-electron chi connectivity index (χ0n) is 12.5. The molecule has 0 spiro atoms. The Morgan fingerprint density at radius 1 is 1.30 bits per heavy atom. The summed E-state index contributed by atoms with van der Waals surface area (Å²) >= 11 is 11.8. The molecular formula is C15H17BrN2O2S3. The molecule has 1 aromatic heterocycles. The summed E-state index contributed by atoms with van der Waals surface area (Å²) in [6, 6.07) is 3.99. The topological polar surface area (TPSA) is 32.8 Å². The molecule has 1 amide bonds. The Balaban J connectivity index is 1.55. The van der Waals surface area contributed by atoms with Gasteiger partial charge in [0.15, 0.2) is 0 Å². The predicted octanol–water partition coefficient (Wildman–Crippen LogP) is 3.43. The van der Waals surface area contributed by atoms with Crippen LogP contribution in [0, 0.1) is 0 Å². The van der Waals surface area contributed by atoms with Crippen molar-refractivity contribution in [3.05, 3.63) is 25.7 Å². The summed E-state index contributed by atoms with van der Waals surface area (Å²) in [4.78, 5) is 18.4. The highest BCUT2D eigenvalue weighted by Gasteiger charge is 2.31. The normalized spacial score (nSPS) is 21.6. The Bertz CT molecular complexity index is 626. The lowest BCUT2D eigenvalue weighted by Gasteiger charge is -2.27. The molecule has 4 nitrogen and oxygen atoms in total. The van der Waals surface area contributed by atoms with E-state index in [0.29, 0.717) is 10.9 Å². The van der Waals surface area contributed by atoms with E-state index >= 15 is 0 Å². The van der Waals surface area contributed by atoms with Crippen LogP contribution in [-0.4, -0.2) is 59.4 Å². The van der Waals surface area contributed by atoms with Crippen LogP contribution in [0.4, 0.5) is 0 Å². The highest BCUT2D eigenvalue weighted by Crippen LogP contribution is 2.34. The van der Waals surface area contributed by atoms with Crippen LogP contribution in [0.5, 0.6) is 0 Å². The summed E-state index contributed by atoms with van der Waals surface area (Å²) in [5.74, 6) is 0.0338. The van der Waals surface area contributed by atoms with Gasteiger partial charge in [-0.2, -0.15) is 0 Å². The largest absolute Gasteiger partial charge is 0.379 e. The van der Waals surface area contributed by atoms with E-state index in [-0.39, 0.29) is 5.91 Å². The third kappa shape index (κ3) is 4.64. The molecule has 0 aliphatic carbocycles. The highest BCUT2D eigenvalue weighted by molar-refractivity contribution is 9.11. The van der Waals surface area contributed by atoms with Crippen LogP contribution in [0.3, 0.4) is 0 Å². The Morgan fingerprint density at radius 3 is 2.78 bits per heavy atom. The molecule has 8 heteroatoms. The Morgan fingerprint density at radius 2 is 2.09 bits per heavy atom. The Labute approximate surface area is 158 Å². The summed E-state index contributed by atoms with van der Waals surface area (Å²) in [6.45, 7) is 5.24. The standard InChI is InChI=1S/C15H17BrN2O2S3/c16-13-3-2-11(22-13)10-12-14(19)18(15(21)23-12)5-1-4-17-6-8-20-9-7-17/h2-3,10H,1,4-9H2. The second-order valence-corrected chi connectivity index (χ2v) is 9.45. The monoisotopic (exact) mass is 432 g/mol. The molecule has 1 aromatic rings. The third-order valence-electron chi connectivity index (χ3n) is 3.70. The van der Waals surface area contributed by atoms with Crippen LogP contribution >= 0.6 is 51.2 Å². The van der Waals surface area contributed by atoms with Crippen molar-refractivity contribution in [2.45, 2.75) is 6.42 Å². The first-order chi connectivity index (χ1) is 11.1. The molecular weight excluding hydrogens is 416 g/mol. The number of ether oxygens (including phenoxy) is 1. The molecule has 3 rings (SSSR count). The summed E-state index contributed by atoms with van der Waals surface area (Å²) in [5, 5.41) is 0. The van der Waals surface area contributed by atoms with Crippen molar-refractivity contribution in [3.63, 3.8) is 0 Å². The zero-order chi connectivity index (χ0) is 16.2. The first-order valence-electron chi connectivity index (χ1n) is 7.44. The van der Waals surface area contributed by atoms with Gasteiger partial charge in [0, 0.05) is 31.1 Å². The molecule has 0 aromatic carbocycles. The van der Waals surface area contributed by atoms with Gasteiger partial charge in [-0.3, -0.25) is 14.6 Å². The van der Waals surface area contributed by atoms with Crippen molar-refractivity contribution < 1.29 is 9.53 Å². The molecule has 0 radical (unpaired) electrons. The van der Waals surface area contributed by atoms with Crippen molar-refractivity contribution in [1.82, 2.24) is 9.80 Å². The van der Waals surface area contributed by atoms with Crippen molar-refractivity contribution in [2.24, 2.45) is 0 Å². The van der Waals surface area contributed by atoms with Crippen molar-refractivity contribution in [2.75, 3.05) is 39.4 Å². The molecule has 0 N–H and O–H groups in total. The average Bonchev–Trinajstić information content (AvgIpc) is 3.06. The number of amides is 1. The van der Waals surface area contributed by atoms with E-state index < -0.39 is 0 Å². The van der Waals surface area contributed by atoms with Crippen LogP contribution < -0.4 is 0 Å². The number of hydrogen-bond acceptors (Lipinski definition) is 6. The van der Waals surface area contributed by atoms with Crippen LogP contribution in [0.2, 0.25) is 0 Å². The van der Waals surface area contributed by atoms with Gasteiger partial charge in [0.05, 0.1) is 21.9 Å². The van der Waals surface area contributed by atoms with E-state index in [4.69, 9.17) is 17.0 Å². The maximum absolute atomic E-state index is 12.5. The molecule has 23 heavy (non-hydrogen) atoms. The molecule has 2 aliphatic rings. The van der Waals surface area contributed by atoms with Crippen molar-refractivity contribution >= 4 is 67.6 Å². The van der Waals surface area contributed by atoms with Crippen LogP contribution in [0.25, 0.3) is 6.08 Å². The second-order valence-electron chi connectivity index (χ2n) is 5.28. The number of thiocarbonyl (C=S) groups is 1. The molecule has 3 heterocycles. The maximum Gasteiger partial charge on any atom is 0.266 e. The van der Waals surface area contributed by atoms with Gasteiger partial charge in [-0.05, 0) is 40.6 Å². The van der Waals surface area contributed by atoms with E-state index in [9.17, 15) is 4.79 Å². The fourth-order valence-electron chi connectivity index (χ4n) is 2.51. The number of rotatable bonds is 5. The molecule has 0 atom stereocenters. The predicted molar refractivity (Wildman–Crippen MR) is 104 cm³/mol. The Hall–Kier alpha value is -0.250. The minimum absolute atomic E-state index is 0.0338. The van der Waals surface area contributed by atoms with Gasteiger partial charge in [0.2, 0.25) is 0 Å². The van der Waals surface area contributed by atoms with Crippen LogP contribution in [0.1, 0.15) is 11.3 Å². The molecule has 2 fully saturated rings. The van der Waals surface area contributed by atoms with E-state index in [2.05, 4.69) is 20.8 Å². The molecule has 124 valence electrons. The summed E-state index contributed by atoms with van der Waals surface area (Å²) < 4.78 is 7.07. The number of hydrogen-bond donors (Lipinski definition) is 0. The zero-order valence-corrected chi connectivity index (χ0v) is 16.5. The van der Waals surface area contributed by atoms with E-state index in [1.807, 2.05) is 18.2 Å². The van der Waals surface area contributed by atoms with Gasteiger partial charge in [-0.25, -0.2) is 0 Å². The lowest BCUT2D eigenvalue weighted by Crippen LogP contribution is -2.38. The number of carbonyl (C=O) groups excluding carboxylic acids is 1. The second kappa shape index (κ2) is 8.22. The minimum atomic E-state index is 0.0338. The van der Waals surface area contributed by atoms with Crippen LogP contribution in [-0.2, 0) is 9.53 Å². The fraction of sp³-hybridized carbons (Fsp3) is 0.467. The van der Waals surface area contributed by atoms with Crippen molar-refractivity contribution in [1.29, 1.82) is 0 Å². The minimum Gasteiger partial charge on any atom is -0.379 e. The Kier molecular flexibility index (Phi) is 6.28. The molecule has 0 unspecified atom stereocenters.